The highest BCUT2D eigenvalue weighted by molar-refractivity contribution is 7.11. The summed E-state index contributed by atoms with van der Waals surface area (Å²) in [5.41, 5.74) is 0.565. The second-order valence-corrected chi connectivity index (χ2v) is 6.24. The van der Waals surface area contributed by atoms with Gasteiger partial charge in [-0.05, 0) is 38.1 Å². The molecule has 5 nitrogen and oxygen atoms in total. The van der Waals surface area contributed by atoms with Gasteiger partial charge < -0.3 is 5.32 Å². The fourth-order valence-corrected chi connectivity index (χ4v) is 3.12. The number of hydrogen-bond donors (Lipinski definition) is 1. The molecule has 108 valence electrons. The van der Waals surface area contributed by atoms with Crippen molar-refractivity contribution in [3.8, 4) is 6.07 Å². The highest BCUT2D eigenvalue weighted by atomic mass is 32.1. The zero-order chi connectivity index (χ0) is 15.4. The first-order valence-electron chi connectivity index (χ1n) is 6.50. The number of nitrogens with one attached hydrogen (secondary N) is 1. The average molecular weight is 301 g/mol. The average Bonchev–Trinajstić information content (AvgIpc) is 2.83. The maximum Gasteiger partial charge on any atom is 0.289 e. The number of thiophene rings is 1. The Labute approximate surface area is 127 Å². The summed E-state index contributed by atoms with van der Waals surface area (Å²) in [5, 5.41) is 23.0. The molecule has 0 aliphatic rings. The van der Waals surface area contributed by atoms with E-state index < -0.39 is 4.92 Å². The lowest BCUT2D eigenvalue weighted by molar-refractivity contribution is -0.385. The monoisotopic (exact) mass is 301 g/mol. The van der Waals surface area contributed by atoms with E-state index in [1.165, 1.54) is 21.9 Å². The predicted molar refractivity (Wildman–Crippen MR) is 83.7 cm³/mol. The van der Waals surface area contributed by atoms with Crippen LogP contribution in [0.3, 0.4) is 0 Å². The van der Waals surface area contributed by atoms with Crippen LogP contribution in [-0.2, 0) is 6.42 Å². The number of nitro groups is 1. The van der Waals surface area contributed by atoms with Crippen LogP contribution in [0, 0.1) is 28.4 Å². The molecule has 0 saturated carbocycles. The van der Waals surface area contributed by atoms with Gasteiger partial charge in [0.25, 0.3) is 5.69 Å². The Kier molecular flexibility index (Phi) is 4.55. The topological polar surface area (TPSA) is 79.0 Å². The van der Waals surface area contributed by atoms with Crippen LogP contribution in [0.5, 0.6) is 0 Å². The highest BCUT2D eigenvalue weighted by Crippen LogP contribution is 2.24. The number of nitriles is 1. The van der Waals surface area contributed by atoms with Gasteiger partial charge in [-0.1, -0.05) is 0 Å². The number of rotatable bonds is 5. The van der Waals surface area contributed by atoms with E-state index in [4.69, 9.17) is 5.26 Å². The standard InChI is InChI=1S/C15H15N3O2S/c1-10(7-14-6-3-11(2)21-14)17-13-5-4-12(9-16)15(8-13)18(19)20/h3-6,8,10,17H,7H2,1-2H3. The summed E-state index contributed by atoms with van der Waals surface area (Å²) in [6.45, 7) is 4.09. The molecule has 0 aliphatic heterocycles. The fourth-order valence-electron chi connectivity index (χ4n) is 2.10. The van der Waals surface area contributed by atoms with Crippen molar-refractivity contribution in [2.24, 2.45) is 0 Å². The van der Waals surface area contributed by atoms with Gasteiger partial charge in [-0.25, -0.2) is 0 Å². The summed E-state index contributed by atoms with van der Waals surface area (Å²) in [7, 11) is 0. The van der Waals surface area contributed by atoms with Crippen molar-refractivity contribution < 1.29 is 4.92 Å². The minimum atomic E-state index is -0.531. The molecule has 1 unspecified atom stereocenters. The Morgan fingerprint density at radius 2 is 2.19 bits per heavy atom. The van der Waals surface area contributed by atoms with Crippen LogP contribution < -0.4 is 5.32 Å². The Bertz CT molecular complexity index is 703. The third-order valence-electron chi connectivity index (χ3n) is 3.03. The molecule has 0 radical (unpaired) electrons. The third kappa shape index (κ3) is 3.80. The molecule has 0 aliphatic carbocycles. The SMILES string of the molecule is Cc1ccc(CC(C)Nc2ccc(C#N)c([N+](=O)[O-])c2)s1. The van der Waals surface area contributed by atoms with Crippen molar-refractivity contribution in [2.75, 3.05) is 5.32 Å². The van der Waals surface area contributed by atoms with Gasteiger partial charge in [0.2, 0.25) is 0 Å². The van der Waals surface area contributed by atoms with Gasteiger partial charge in [0, 0.05) is 34.0 Å². The number of anilines is 1. The zero-order valence-corrected chi connectivity index (χ0v) is 12.6. The molecular formula is C15H15N3O2S. The molecule has 2 rings (SSSR count). The molecule has 1 atom stereocenters. The summed E-state index contributed by atoms with van der Waals surface area (Å²) < 4.78 is 0. The van der Waals surface area contributed by atoms with Crippen LogP contribution in [0.25, 0.3) is 0 Å². The molecule has 1 aromatic carbocycles. The quantitative estimate of drug-likeness (QED) is 0.671. The first-order valence-corrected chi connectivity index (χ1v) is 7.31. The second-order valence-electron chi connectivity index (χ2n) is 4.86. The van der Waals surface area contributed by atoms with Crippen LogP contribution in [-0.4, -0.2) is 11.0 Å². The van der Waals surface area contributed by atoms with Gasteiger partial charge >= 0.3 is 0 Å². The number of aryl methyl sites for hydroxylation is 1. The summed E-state index contributed by atoms with van der Waals surface area (Å²) in [5.74, 6) is 0. The van der Waals surface area contributed by atoms with E-state index in [1.54, 1.807) is 17.4 Å². The summed E-state index contributed by atoms with van der Waals surface area (Å²) in [6, 6.07) is 10.7. The maximum absolute atomic E-state index is 10.9. The normalized spacial score (nSPS) is 11.7. The van der Waals surface area contributed by atoms with Gasteiger partial charge in [0.15, 0.2) is 0 Å². The van der Waals surface area contributed by atoms with Crippen LogP contribution in [0.15, 0.2) is 30.3 Å². The van der Waals surface area contributed by atoms with Crippen LogP contribution >= 0.6 is 11.3 Å². The van der Waals surface area contributed by atoms with Gasteiger partial charge in [0.05, 0.1) is 4.92 Å². The molecule has 0 amide bonds. The van der Waals surface area contributed by atoms with Crippen molar-refractivity contribution >= 4 is 22.7 Å². The molecule has 0 spiro atoms. The lowest BCUT2D eigenvalue weighted by Gasteiger charge is -2.14. The molecule has 1 heterocycles. The van der Waals surface area contributed by atoms with E-state index in [9.17, 15) is 10.1 Å². The molecule has 2 aromatic rings. The first-order chi connectivity index (χ1) is 9.99. The Hall–Kier alpha value is -2.39. The first kappa shape index (κ1) is 15.0. The molecule has 0 saturated heterocycles. The van der Waals surface area contributed by atoms with Crippen LogP contribution in [0.2, 0.25) is 0 Å². The Morgan fingerprint density at radius 1 is 1.43 bits per heavy atom. The van der Waals surface area contributed by atoms with Gasteiger partial charge in [0.1, 0.15) is 11.6 Å². The number of nitro benzene ring substituents is 1. The molecule has 1 aromatic heterocycles. The van der Waals surface area contributed by atoms with Crippen molar-refractivity contribution in [3.05, 3.63) is 55.8 Å². The fraction of sp³-hybridized carbons (Fsp3) is 0.267. The largest absolute Gasteiger partial charge is 0.382 e. The van der Waals surface area contributed by atoms with Crippen LogP contribution in [0.1, 0.15) is 22.2 Å². The maximum atomic E-state index is 10.9. The summed E-state index contributed by atoms with van der Waals surface area (Å²) in [4.78, 5) is 13.0. The Balaban J connectivity index is 2.10. The van der Waals surface area contributed by atoms with E-state index in [1.807, 2.05) is 13.0 Å². The van der Waals surface area contributed by atoms with Crippen molar-refractivity contribution in [2.45, 2.75) is 26.3 Å². The molecule has 1 N–H and O–H groups in total. The zero-order valence-electron chi connectivity index (χ0n) is 11.8. The van der Waals surface area contributed by atoms with E-state index in [0.717, 1.165) is 6.42 Å². The number of nitrogens with zero attached hydrogens (tertiary/aromatic N) is 2. The van der Waals surface area contributed by atoms with Gasteiger partial charge in [-0.3, -0.25) is 10.1 Å². The summed E-state index contributed by atoms with van der Waals surface area (Å²) in [6.07, 6.45) is 0.853. The minimum absolute atomic E-state index is 0.0760. The van der Waals surface area contributed by atoms with Crippen molar-refractivity contribution in [3.63, 3.8) is 0 Å². The smallest absolute Gasteiger partial charge is 0.289 e. The van der Waals surface area contributed by atoms with E-state index in [-0.39, 0.29) is 17.3 Å². The number of hydrogen-bond acceptors (Lipinski definition) is 5. The molecule has 0 bridgehead atoms. The van der Waals surface area contributed by atoms with E-state index in [0.29, 0.717) is 5.69 Å². The lowest BCUT2D eigenvalue weighted by Crippen LogP contribution is -2.17. The third-order valence-corrected chi connectivity index (χ3v) is 4.05. The van der Waals surface area contributed by atoms with Crippen molar-refractivity contribution in [1.29, 1.82) is 5.26 Å². The summed E-state index contributed by atoms with van der Waals surface area (Å²) >= 11 is 1.75. The Morgan fingerprint density at radius 3 is 2.76 bits per heavy atom. The minimum Gasteiger partial charge on any atom is -0.382 e. The molecular weight excluding hydrogens is 286 g/mol. The lowest BCUT2D eigenvalue weighted by atomic mass is 10.1. The molecule has 0 fully saturated rings. The van der Waals surface area contributed by atoms with Gasteiger partial charge in [-0.2, -0.15) is 5.26 Å². The van der Waals surface area contributed by atoms with E-state index in [2.05, 4.69) is 24.4 Å². The van der Waals surface area contributed by atoms with Crippen molar-refractivity contribution in [1.82, 2.24) is 0 Å². The van der Waals surface area contributed by atoms with Gasteiger partial charge in [-0.15, -0.1) is 11.3 Å². The molecule has 21 heavy (non-hydrogen) atoms. The second kappa shape index (κ2) is 6.37. The highest BCUT2D eigenvalue weighted by Gasteiger charge is 2.15. The van der Waals surface area contributed by atoms with E-state index >= 15 is 0 Å². The number of benzene rings is 1. The predicted octanol–water partition coefficient (Wildman–Crippen LogP) is 3.88. The molecule has 6 heteroatoms. The van der Waals surface area contributed by atoms with Crippen LogP contribution in [0.4, 0.5) is 11.4 Å².